The second-order valence-electron chi connectivity index (χ2n) is 8.21. The Labute approximate surface area is 226 Å². The molecule has 0 radical (unpaired) electrons. The third kappa shape index (κ3) is 6.16. The first kappa shape index (κ1) is 25.3. The highest BCUT2D eigenvalue weighted by Crippen LogP contribution is 2.33. The highest BCUT2D eigenvalue weighted by molar-refractivity contribution is 8.01. The van der Waals surface area contributed by atoms with Gasteiger partial charge >= 0.3 is 0 Å². The van der Waals surface area contributed by atoms with Crippen molar-refractivity contribution < 1.29 is 14.5 Å². The highest BCUT2D eigenvalue weighted by atomic mass is 35.5. The van der Waals surface area contributed by atoms with E-state index in [1.807, 2.05) is 29.2 Å². The number of nitro benzene ring substituents is 1. The molecule has 0 bridgehead atoms. The van der Waals surface area contributed by atoms with Gasteiger partial charge < -0.3 is 9.64 Å². The molecule has 0 unspecified atom stereocenters. The summed E-state index contributed by atoms with van der Waals surface area (Å²) in [5.74, 6) is 0.297. The molecule has 8 nitrogen and oxygen atoms in total. The van der Waals surface area contributed by atoms with Gasteiger partial charge in [-0.3, -0.25) is 19.9 Å². The number of thiazole rings is 1. The van der Waals surface area contributed by atoms with Crippen LogP contribution in [0.3, 0.4) is 0 Å². The van der Waals surface area contributed by atoms with Gasteiger partial charge in [0.25, 0.3) is 5.69 Å². The Morgan fingerprint density at radius 2 is 1.95 bits per heavy atom. The molecule has 4 aromatic rings. The maximum atomic E-state index is 12.4. The Hall–Kier alpha value is -3.31. The Morgan fingerprint density at radius 3 is 2.70 bits per heavy atom. The maximum absolute atomic E-state index is 12.4. The maximum Gasteiger partial charge on any atom is 0.293 e. The van der Waals surface area contributed by atoms with E-state index in [2.05, 4.69) is 9.98 Å². The number of hydrogen-bond donors (Lipinski definition) is 0. The molecule has 0 amide bonds. The molecule has 3 aromatic carbocycles. The fraction of sp³-hybridized carbons (Fsp3) is 0.192. The van der Waals surface area contributed by atoms with E-state index in [1.165, 1.54) is 23.1 Å². The minimum atomic E-state index is -0.359. The third-order valence-corrected chi connectivity index (χ3v) is 8.17. The summed E-state index contributed by atoms with van der Waals surface area (Å²) < 4.78 is 7.10. The van der Waals surface area contributed by atoms with Crippen LogP contribution in [-0.2, 0) is 4.74 Å². The van der Waals surface area contributed by atoms with E-state index in [0.717, 1.165) is 14.6 Å². The van der Waals surface area contributed by atoms with Crippen molar-refractivity contribution in [3.05, 3.63) is 86.9 Å². The van der Waals surface area contributed by atoms with Crippen molar-refractivity contribution in [2.75, 3.05) is 37.0 Å². The first-order valence-corrected chi connectivity index (χ1v) is 13.6. The summed E-state index contributed by atoms with van der Waals surface area (Å²) in [5.41, 5.74) is 3.45. The number of nitro groups is 1. The molecule has 0 saturated carbocycles. The molecule has 188 valence electrons. The smallest absolute Gasteiger partial charge is 0.293 e. The summed E-state index contributed by atoms with van der Waals surface area (Å²) in [6.45, 7) is 2.36. The first-order valence-electron chi connectivity index (χ1n) is 11.4. The zero-order valence-corrected chi connectivity index (χ0v) is 21.9. The minimum absolute atomic E-state index is 0.0138. The number of aliphatic imine (C=N–C) groups is 1. The number of fused-ring (bicyclic) bond motifs is 1. The van der Waals surface area contributed by atoms with Crippen LogP contribution >= 0.6 is 34.7 Å². The lowest BCUT2D eigenvalue weighted by atomic mass is 10.1. The van der Waals surface area contributed by atoms with Crippen molar-refractivity contribution in [1.29, 1.82) is 0 Å². The number of carbonyl (C=O) groups is 1. The summed E-state index contributed by atoms with van der Waals surface area (Å²) in [6.07, 6.45) is 1.62. The lowest BCUT2D eigenvalue weighted by Crippen LogP contribution is -2.36. The average Bonchev–Trinajstić information content (AvgIpc) is 3.33. The fourth-order valence-electron chi connectivity index (χ4n) is 3.87. The topological polar surface area (TPSA) is 97.9 Å². The van der Waals surface area contributed by atoms with Crippen LogP contribution in [-0.4, -0.2) is 54.0 Å². The molecular formula is C26H21ClN4O4S2. The second kappa shape index (κ2) is 11.4. The lowest BCUT2D eigenvalue weighted by Gasteiger charge is -2.28. The number of morpholine rings is 1. The van der Waals surface area contributed by atoms with E-state index in [9.17, 15) is 14.9 Å². The molecule has 0 aliphatic carbocycles. The first-order chi connectivity index (χ1) is 18.0. The highest BCUT2D eigenvalue weighted by Gasteiger charge is 2.21. The van der Waals surface area contributed by atoms with Gasteiger partial charge in [-0.2, -0.15) is 0 Å². The van der Waals surface area contributed by atoms with E-state index in [1.54, 1.807) is 42.6 Å². The number of anilines is 1. The molecule has 0 N–H and O–H groups in total. The van der Waals surface area contributed by atoms with Gasteiger partial charge in [-0.15, -0.1) is 11.3 Å². The number of ether oxygens (including phenoxy) is 1. The standard InChI is InChI=1S/C26H21ClN4O4S2/c27-19-4-2-18(3-5-19)24(32)16-36-26-29-21-7-6-20(14-25(21)37-26)28-15-17-1-8-22(23(13-17)31(33)34)30-9-11-35-12-10-30/h1-8,13-15H,9-12,16H2. The van der Waals surface area contributed by atoms with Crippen molar-refractivity contribution >= 4 is 74.0 Å². The van der Waals surface area contributed by atoms with E-state index in [-0.39, 0.29) is 22.1 Å². The number of rotatable bonds is 8. The third-order valence-electron chi connectivity index (χ3n) is 5.76. The molecule has 1 aliphatic heterocycles. The van der Waals surface area contributed by atoms with Crippen molar-refractivity contribution in [3.63, 3.8) is 0 Å². The molecule has 1 aliphatic rings. The van der Waals surface area contributed by atoms with Gasteiger partial charge in [0.15, 0.2) is 10.1 Å². The molecule has 0 atom stereocenters. The van der Waals surface area contributed by atoms with Crippen molar-refractivity contribution in [3.8, 4) is 0 Å². The van der Waals surface area contributed by atoms with Crippen molar-refractivity contribution in [1.82, 2.24) is 4.98 Å². The Balaban J connectivity index is 1.28. The van der Waals surface area contributed by atoms with Gasteiger partial charge in [-0.1, -0.05) is 29.4 Å². The molecule has 1 aromatic heterocycles. The van der Waals surface area contributed by atoms with E-state index < -0.39 is 0 Å². The molecule has 11 heteroatoms. The quantitative estimate of drug-likeness (QED) is 0.0817. The average molecular weight is 553 g/mol. The number of ketones is 1. The van der Waals surface area contributed by atoms with Crippen molar-refractivity contribution in [2.45, 2.75) is 4.34 Å². The van der Waals surface area contributed by atoms with Crippen LogP contribution in [0.15, 0.2) is 70.0 Å². The molecule has 1 saturated heterocycles. The predicted octanol–water partition coefficient (Wildman–Crippen LogP) is 6.42. The minimum Gasteiger partial charge on any atom is -0.378 e. The zero-order valence-electron chi connectivity index (χ0n) is 19.5. The Morgan fingerprint density at radius 1 is 1.16 bits per heavy atom. The van der Waals surface area contributed by atoms with E-state index in [4.69, 9.17) is 16.3 Å². The summed E-state index contributed by atoms with van der Waals surface area (Å²) in [4.78, 5) is 34.9. The number of Topliss-reactive ketones (excluding diaryl/α,β-unsaturated/α-hetero) is 1. The molecule has 1 fully saturated rings. The number of aromatic nitrogens is 1. The summed E-state index contributed by atoms with van der Waals surface area (Å²) in [5, 5.41) is 12.3. The van der Waals surface area contributed by atoms with E-state index in [0.29, 0.717) is 53.8 Å². The number of halogens is 1. The Kier molecular flexibility index (Phi) is 7.80. The van der Waals surface area contributed by atoms with Crippen LogP contribution in [0.2, 0.25) is 5.02 Å². The summed E-state index contributed by atoms with van der Waals surface area (Å²) in [6, 6.07) is 17.7. The number of thioether (sulfide) groups is 1. The van der Waals surface area contributed by atoms with Crippen LogP contribution < -0.4 is 4.90 Å². The zero-order chi connectivity index (χ0) is 25.8. The van der Waals surface area contributed by atoms with Crippen LogP contribution in [0.5, 0.6) is 0 Å². The number of hydrogen-bond acceptors (Lipinski definition) is 9. The largest absolute Gasteiger partial charge is 0.378 e. The summed E-state index contributed by atoms with van der Waals surface area (Å²) in [7, 11) is 0. The normalized spacial score (nSPS) is 13.9. The Bertz CT molecular complexity index is 1480. The van der Waals surface area contributed by atoms with Crippen LogP contribution in [0.4, 0.5) is 17.1 Å². The van der Waals surface area contributed by atoms with E-state index >= 15 is 0 Å². The van der Waals surface area contributed by atoms with Gasteiger partial charge in [0.2, 0.25) is 0 Å². The van der Waals surface area contributed by atoms with Gasteiger partial charge in [-0.05, 0) is 54.1 Å². The van der Waals surface area contributed by atoms with Crippen LogP contribution in [0.1, 0.15) is 15.9 Å². The number of carbonyl (C=O) groups excluding carboxylic acids is 1. The molecule has 2 heterocycles. The number of benzene rings is 3. The molecule has 37 heavy (non-hydrogen) atoms. The van der Waals surface area contributed by atoms with Gasteiger partial charge in [0, 0.05) is 36.0 Å². The van der Waals surface area contributed by atoms with Gasteiger partial charge in [-0.25, -0.2) is 4.98 Å². The van der Waals surface area contributed by atoms with Crippen molar-refractivity contribution in [2.24, 2.45) is 4.99 Å². The lowest BCUT2D eigenvalue weighted by molar-refractivity contribution is -0.384. The fourth-order valence-corrected chi connectivity index (χ4v) is 5.99. The van der Waals surface area contributed by atoms with Crippen LogP contribution in [0, 0.1) is 10.1 Å². The number of nitrogens with zero attached hydrogens (tertiary/aromatic N) is 4. The molecule has 5 rings (SSSR count). The van der Waals surface area contributed by atoms with Gasteiger partial charge in [0.1, 0.15) is 5.69 Å². The molecule has 0 spiro atoms. The SMILES string of the molecule is O=C(CSc1nc2ccc(N=Cc3ccc(N4CCOCC4)c([N+](=O)[O-])c3)cc2s1)c1ccc(Cl)cc1. The predicted molar refractivity (Wildman–Crippen MR) is 150 cm³/mol. The summed E-state index contributed by atoms with van der Waals surface area (Å²) >= 11 is 8.79. The second-order valence-corrected chi connectivity index (χ2v) is 10.9. The van der Waals surface area contributed by atoms with Crippen LogP contribution in [0.25, 0.3) is 10.2 Å². The molecular weight excluding hydrogens is 532 g/mol. The monoisotopic (exact) mass is 552 g/mol. The van der Waals surface area contributed by atoms with Gasteiger partial charge in [0.05, 0.1) is 39.8 Å².